The molecule has 0 aliphatic carbocycles. The fourth-order valence-corrected chi connectivity index (χ4v) is 2.75. The molecule has 3 aromatic heterocycles. The number of aliphatic hydroxyl groups is 1. The largest absolute Gasteiger partial charge is 0.451 e. The molecule has 0 saturated heterocycles. The van der Waals surface area contributed by atoms with Crippen LogP contribution >= 0.6 is 0 Å². The lowest BCUT2D eigenvalue weighted by Gasteiger charge is -2.11. The first-order valence-electron chi connectivity index (χ1n) is 7.69. The molecule has 0 amide bonds. The molecule has 0 unspecified atom stereocenters. The first-order chi connectivity index (χ1) is 11.9. The van der Waals surface area contributed by atoms with E-state index in [9.17, 15) is 5.11 Å². The van der Waals surface area contributed by atoms with Gasteiger partial charge in [-0.1, -0.05) is 18.2 Å². The van der Waals surface area contributed by atoms with E-state index in [4.69, 9.17) is 4.42 Å². The van der Waals surface area contributed by atoms with Gasteiger partial charge in [-0.2, -0.15) is 5.10 Å². The number of aromatic amines is 1. The molecule has 120 valence electrons. The van der Waals surface area contributed by atoms with E-state index < -0.39 is 0 Å². The number of para-hydroxylation sites is 1. The molecule has 6 heteroatoms. The van der Waals surface area contributed by atoms with Crippen LogP contribution in [0.25, 0.3) is 28.7 Å². The van der Waals surface area contributed by atoms with Gasteiger partial charge in [-0.3, -0.25) is 9.67 Å². The number of imidazole rings is 1. The molecule has 2 N–H and O–H groups in total. The van der Waals surface area contributed by atoms with Crippen LogP contribution < -0.4 is 0 Å². The second kappa shape index (κ2) is 6.17. The van der Waals surface area contributed by atoms with Gasteiger partial charge in [0.25, 0.3) is 0 Å². The van der Waals surface area contributed by atoms with Crippen molar-refractivity contribution in [1.29, 1.82) is 0 Å². The van der Waals surface area contributed by atoms with E-state index in [1.54, 1.807) is 12.4 Å². The second-order valence-corrected chi connectivity index (χ2v) is 5.36. The van der Waals surface area contributed by atoms with Crippen molar-refractivity contribution in [3.05, 3.63) is 66.6 Å². The van der Waals surface area contributed by atoms with Crippen LogP contribution in [0, 0.1) is 0 Å². The molecular formula is C18H16N4O2. The van der Waals surface area contributed by atoms with Gasteiger partial charge in [0.1, 0.15) is 5.69 Å². The second-order valence-electron chi connectivity index (χ2n) is 5.36. The van der Waals surface area contributed by atoms with Crippen LogP contribution in [0.15, 0.2) is 65.5 Å². The zero-order valence-corrected chi connectivity index (χ0v) is 12.9. The third-order valence-corrected chi connectivity index (χ3v) is 3.87. The lowest BCUT2D eigenvalue weighted by molar-refractivity contribution is 0.299. The number of rotatable bonds is 5. The van der Waals surface area contributed by atoms with E-state index in [0.717, 1.165) is 16.9 Å². The first-order valence-corrected chi connectivity index (χ1v) is 7.69. The van der Waals surface area contributed by atoms with E-state index in [2.05, 4.69) is 15.2 Å². The Hall–Kier alpha value is -3.12. The zero-order chi connectivity index (χ0) is 16.4. The molecule has 4 aromatic rings. The minimum absolute atomic E-state index is 0.103. The average molecular weight is 320 g/mol. The first kappa shape index (κ1) is 14.5. The van der Waals surface area contributed by atoms with Crippen molar-refractivity contribution in [2.24, 2.45) is 0 Å². The third kappa shape index (κ3) is 2.53. The molecule has 3 heterocycles. The monoisotopic (exact) mass is 320 g/mol. The Balaban J connectivity index is 1.76. The van der Waals surface area contributed by atoms with Gasteiger partial charge in [-0.25, -0.2) is 4.98 Å². The highest BCUT2D eigenvalue weighted by Gasteiger charge is 2.15. The number of aliphatic hydroxyl groups excluding tert-OH is 1. The van der Waals surface area contributed by atoms with Gasteiger partial charge in [-0.05, 0) is 36.2 Å². The van der Waals surface area contributed by atoms with Gasteiger partial charge in [0.05, 0.1) is 5.69 Å². The predicted octanol–water partition coefficient (Wildman–Crippen LogP) is 3.06. The Labute approximate surface area is 138 Å². The van der Waals surface area contributed by atoms with Crippen molar-refractivity contribution in [3.63, 3.8) is 0 Å². The summed E-state index contributed by atoms with van der Waals surface area (Å²) in [5.41, 5.74) is 2.86. The molecular weight excluding hydrogens is 304 g/mol. The summed E-state index contributed by atoms with van der Waals surface area (Å²) < 4.78 is 7.90. The molecule has 1 aromatic carbocycles. The highest BCUT2D eigenvalue weighted by molar-refractivity contribution is 5.60. The average Bonchev–Trinajstić information content (AvgIpc) is 3.35. The lowest BCUT2D eigenvalue weighted by atomic mass is 10.1. The van der Waals surface area contributed by atoms with Gasteiger partial charge in [-0.15, -0.1) is 0 Å². The molecule has 0 atom stereocenters. The summed E-state index contributed by atoms with van der Waals surface area (Å²) in [5, 5.41) is 16.1. The molecule has 4 rings (SSSR count). The molecule has 0 bridgehead atoms. The van der Waals surface area contributed by atoms with Gasteiger partial charge < -0.3 is 9.52 Å². The maximum absolute atomic E-state index is 9.28. The molecule has 0 radical (unpaired) electrons. The SMILES string of the molecule is OCCc1ccccc1-n1ccnc1-c1ccc(-c2ccn[nH]2)o1. The fourth-order valence-electron chi connectivity index (χ4n) is 2.75. The van der Waals surface area contributed by atoms with Gasteiger partial charge in [0.2, 0.25) is 0 Å². The summed E-state index contributed by atoms with van der Waals surface area (Å²) in [6, 6.07) is 13.6. The Bertz CT molecular complexity index is 938. The van der Waals surface area contributed by atoms with Crippen molar-refractivity contribution in [1.82, 2.24) is 19.7 Å². The van der Waals surface area contributed by atoms with Crippen LogP contribution in [0.2, 0.25) is 0 Å². The minimum atomic E-state index is 0.103. The molecule has 0 spiro atoms. The van der Waals surface area contributed by atoms with E-state index in [0.29, 0.717) is 23.8 Å². The van der Waals surface area contributed by atoms with Crippen molar-refractivity contribution >= 4 is 0 Å². The molecule has 24 heavy (non-hydrogen) atoms. The van der Waals surface area contributed by atoms with Crippen LogP contribution in [0.1, 0.15) is 5.56 Å². The Morgan fingerprint density at radius 2 is 1.92 bits per heavy atom. The standard InChI is InChI=1S/C18H16N4O2/c23-12-8-13-3-1-2-4-15(13)22-11-10-19-18(22)17-6-5-16(24-17)14-7-9-20-21-14/h1-7,9-11,23H,8,12H2,(H,20,21). The van der Waals surface area contributed by atoms with Crippen molar-refractivity contribution < 1.29 is 9.52 Å². The van der Waals surface area contributed by atoms with Crippen molar-refractivity contribution in [3.8, 4) is 28.7 Å². The Kier molecular flexibility index (Phi) is 3.72. The molecule has 6 nitrogen and oxygen atoms in total. The maximum Gasteiger partial charge on any atom is 0.180 e. The van der Waals surface area contributed by atoms with Crippen LogP contribution in [-0.4, -0.2) is 31.5 Å². The maximum atomic E-state index is 9.28. The van der Waals surface area contributed by atoms with E-state index >= 15 is 0 Å². The number of furan rings is 1. The van der Waals surface area contributed by atoms with Crippen LogP contribution in [0.5, 0.6) is 0 Å². The van der Waals surface area contributed by atoms with E-state index in [-0.39, 0.29) is 6.61 Å². The van der Waals surface area contributed by atoms with Crippen LogP contribution in [-0.2, 0) is 6.42 Å². The number of H-pyrrole nitrogens is 1. The molecule has 0 saturated carbocycles. The summed E-state index contributed by atoms with van der Waals surface area (Å²) in [5.74, 6) is 2.09. The zero-order valence-electron chi connectivity index (χ0n) is 12.9. The number of hydrogen-bond acceptors (Lipinski definition) is 4. The number of aromatic nitrogens is 4. The highest BCUT2D eigenvalue weighted by atomic mass is 16.3. The molecule has 0 fully saturated rings. The summed E-state index contributed by atoms with van der Waals surface area (Å²) >= 11 is 0. The smallest absolute Gasteiger partial charge is 0.180 e. The summed E-state index contributed by atoms with van der Waals surface area (Å²) in [7, 11) is 0. The Morgan fingerprint density at radius 1 is 1.04 bits per heavy atom. The Morgan fingerprint density at radius 3 is 2.75 bits per heavy atom. The topological polar surface area (TPSA) is 79.9 Å². The number of nitrogens with one attached hydrogen (secondary N) is 1. The number of hydrogen-bond donors (Lipinski definition) is 2. The van der Waals surface area contributed by atoms with E-state index in [1.807, 2.05) is 53.2 Å². The fraction of sp³-hybridized carbons (Fsp3) is 0.111. The summed E-state index contributed by atoms with van der Waals surface area (Å²) in [4.78, 5) is 4.44. The van der Waals surface area contributed by atoms with Gasteiger partial charge in [0.15, 0.2) is 17.3 Å². The lowest BCUT2D eigenvalue weighted by Crippen LogP contribution is -2.02. The van der Waals surface area contributed by atoms with Crippen LogP contribution in [0.3, 0.4) is 0 Å². The normalized spacial score (nSPS) is 11.0. The summed E-state index contributed by atoms with van der Waals surface area (Å²) in [6.45, 7) is 0.103. The third-order valence-electron chi connectivity index (χ3n) is 3.87. The quantitative estimate of drug-likeness (QED) is 0.592. The predicted molar refractivity (Wildman–Crippen MR) is 89.6 cm³/mol. The number of nitrogens with zero attached hydrogens (tertiary/aromatic N) is 3. The van der Waals surface area contributed by atoms with Gasteiger partial charge in [0, 0.05) is 25.2 Å². The molecule has 0 aliphatic rings. The van der Waals surface area contributed by atoms with E-state index in [1.165, 1.54) is 0 Å². The minimum Gasteiger partial charge on any atom is -0.451 e. The number of benzene rings is 1. The van der Waals surface area contributed by atoms with Crippen LogP contribution in [0.4, 0.5) is 0 Å². The van der Waals surface area contributed by atoms with Gasteiger partial charge >= 0.3 is 0 Å². The summed E-state index contributed by atoms with van der Waals surface area (Å²) in [6.07, 6.45) is 5.91. The highest BCUT2D eigenvalue weighted by Crippen LogP contribution is 2.28. The van der Waals surface area contributed by atoms with Crippen molar-refractivity contribution in [2.75, 3.05) is 6.61 Å². The van der Waals surface area contributed by atoms with Crippen molar-refractivity contribution in [2.45, 2.75) is 6.42 Å². The molecule has 0 aliphatic heterocycles.